The topological polar surface area (TPSA) is 56.1 Å². The monoisotopic (exact) mass is 251 g/mol. The molecule has 1 aliphatic rings. The molecule has 18 heavy (non-hydrogen) atoms. The van der Waals surface area contributed by atoms with Crippen LogP contribution in [0, 0.1) is 6.92 Å². The highest BCUT2D eigenvalue weighted by Gasteiger charge is 2.28. The third-order valence-corrected chi connectivity index (χ3v) is 3.78. The van der Waals surface area contributed by atoms with Gasteiger partial charge in [-0.1, -0.05) is 12.8 Å². The van der Waals surface area contributed by atoms with E-state index >= 15 is 0 Å². The number of carbonyl (C=O) groups is 1. The summed E-state index contributed by atoms with van der Waals surface area (Å²) in [5, 5.41) is 7.61. The highest BCUT2D eigenvalue weighted by molar-refractivity contribution is 5.77. The summed E-state index contributed by atoms with van der Waals surface area (Å²) in [6.45, 7) is 1.97. The summed E-state index contributed by atoms with van der Waals surface area (Å²) >= 11 is 0. The minimum absolute atomic E-state index is 0.238. The number of esters is 1. The van der Waals surface area contributed by atoms with Gasteiger partial charge in [0, 0.05) is 24.3 Å². The van der Waals surface area contributed by atoms with E-state index in [9.17, 15) is 4.79 Å². The van der Waals surface area contributed by atoms with Crippen LogP contribution in [0.2, 0.25) is 0 Å². The maximum Gasteiger partial charge on any atom is 0.327 e. The molecule has 0 bridgehead atoms. The van der Waals surface area contributed by atoms with Crippen molar-refractivity contribution < 1.29 is 9.53 Å². The fraction of sp³-hybridized carbons (Fsp3) is 0.692. The molecule has 100 valence electrons. The van der Waals surface area contributed by atoms with Gasteiger partial charge < -0.3 is 4.74 Å². The number of nitrogens with one attached hydrogen (secondary N) is 1. The minimum atomic E-state index is -0.396. The van der Waals surface area contributed by atoms with Gasteiger partial charge in [0.25, 0.3) is 0 Å². The summed E-state index contributed by atoms with van der Waals surface area (Å²) in [5.74, 6) is -0.238. The number of ether oxygens (including phenoxy) is 1. The van der Waals surface area contributed by atoms with Crippen LogP contribution in [0.15, 0.2) is 6.20 Å². The van der Waals surface area contributed by atoms with Gasteiger partial charge in [-0.05, 0) is 19.8 Å². The van der Waals surface area contributed by atoms with E-state index in [0.29, 0.717) is 6.04 Å². The minimum Gasteiger partial charge on any atom is -0.468 e. The number of hydrogen-bond acceptors (Lipinski definition) is 4. The SMILES string of the molecule is COC(=O)C(NC1CCCC1)c1cnn(C)c1C. The third kappa shape index (κ3) is 2.56. The molecule has 1 atom stereocenters. The second-order valence-electron chi connectivity index (χ2n) is 4.91. The summed E-state index contributed by atoms with van der Waals surface area (Å²) in [4.78, 5) is 11.9. The molecule has 1 aliphatic carbocycles. The summed E-state index contributed by atoms with van der Waals surface area (Å²) in [6.07, 6.45) is 6.48. The lowest BCUT2D eigenvalue weighted by Gasteiger charge is -2.20. The zero-order chi connectivity index (χ0) is 13.1. The highest BCUT2D eigenvalue weighted by Crippen LogP contribution is 2.24. The predicted molar refractivity (Wildman–Crippen MR) is 68.1 cm³/mol. The van der Waals surface area contributed by atoms with Crippen LogP contribution < -0.4 is 5.32 Å². The van der Waals surface area contributed by atoms with Crippen LogP contribution in [0.4, 0.5) is 0 Å². The molecule has 1 N–H and O–H groups in total. The largest absolute Gasteiger partial charge is 0.468 e. The van der Waals surface area contributed by atoms with E-state index in [1.807, 2.05) is 14.0 Å². The molecule has 2 rings (SSSR count). The average Bonchev–Trinajstić information content (AvgIpc) is 2.98. The average molecular weight is 251 g/mol. The molecule has 1 fully saturated rings. The molecule has 5 heteroatoms. The molecule has 0 spiro atoms. The fourth-order valence-corrected chi connectivity index (χ4v) is 2.53. The zero-order valence-corrected chi connectivity index (χ0v) is 11.3. The number of rotatable bonds is 4. The Morgan fingerprint density at radius 3 is 2.72 bits per heavy atom. The highest BCUT2D eigenvalue weighted by atomic mass is 16.5. The van der Waals surface area contributed by atoms with E-state index in [1.54, 1.807) is 10.9 Å². The van der Waals surface area contributed by atoms with E-state index in [1.165, 1.54) is 20.0 Å². The van der Waals surface area contributed by atoms with Crippen LogP contribution >= 0.6 is 0 Å². The lowest BCUT2D eigenvalue weighted by molar-refractivity contribution is -0.143. The molecule has 0 aliphatic heterocycles. The first-order valence-corrected chi connectivity index (χ1v) is 6.46. The molecule has 1 aromatic rings. The first-order chi connectivity index (χ1) is 8.63. The van der Waals surface area contributed by atoms with Crippen molar-refractivity contribution in [3.05, 3.63) is 17.5 Å². The number of carbonyl (C=O) groups excluding carboxylic acids is 1. The molecule has 0 amide bonds. The Morgan fingerprint density at radius 2 is 2.22 bits per heavy atom. The summed E-state index contributed by atoms with van der Waals surface area (Å²) < 4.78 is 6.68. The number of methoxy groups -OCH3 is 1. The van der Waals surface area contributed by atoms with Gasteiger partial charge in [-0.15, -0.1) is 0 Å². The van der Waals surface area contributed by atoms with E-state index in [4.69, 9.17) is 4.74 Å². The molecule has 0 radical (unpaired) electrons. The number of aryl methyl sites for hydroxylation is 1. The van der Waals surface area contributed by atoms with Gasteiger partial charge in [0.05, 0.1) is 13.3 Å². The summed E-state index contributed by atoms with van der Waals surface area (Å²) in [6, 6.07) is 0.0144. The van der Waals surface area contributed by atoms with Crippen molar-refractivity contribution in [2.24, 2.45) is 7.05 Å². The van der Waals surface area contributed by atoms with Crippen LogP contribution in [0.5, 0.6) is 0 Å². The Hall–Kier alpha value is -1.36. The Bertz CT molecular complexity index is 422. The maximum atomic E-state index is 11.9. The van der Waals surface area contributed by atoms with E-state index in [-0.39, 0.29) is 5.97 Å². The van der Waals surface area contributed by atoms with Gasteiger partial charge in [-0.2, -0.15) is 5.10 Å². The number of aromatic nitrogens is 2. The van der Waals surface area contributed by atoms with Crippen molar-refractivity contribution in [2.75, 3.05) is 7.11 Å². The summed E-state index contributed by atoms with van der Waals surface area (Å²) in [5.41, 5.74) is 1.91. The van der Waals surface area contributed by atoms with Gasteiger partial charge >= 0.3 is 5.97 Å². The zero-order valence-electron chi connectivity index (χ0n) is 11.3. The first-order valence-electron chi connectivity index (χ1n) is 6.46. The van der Waals surface area contributed by atoms with Gasteiger partial charge in [0.2, 0.25) is 0 Å². The predicted octanol–water partition coefficient (Wildman–Crippen LogP) is 1.47. The maximum absolute atomic E-state index is 11.9. The Labute approximate surface area is 108 Å². The van der Waals surface area contributed by atoms with Crippen molar-refractivity contribution in [2.45, 2.75) is 44.7 Å². The van der Waals surface area contributed by atoms with Crippen molar-refractivity contribution in [1.82, 2.24) is 15.1 Å². The van der Waals surface area contributed by atoms with Gasteiger partial charge in [-0.3, -0.25) is 10.00 Å². The normalized spacial score (nSPS) is 17.9. The smallest absolute Gasteiger partial charge is 0.327 e. The molecule has 0 aromatic carbocycles. The second kappa shape index (κ2) is 5.52. The lowest BCUT2D eigenvalue weighted by atomic mass is 10.1. The van der Waals surface area contributed by atoms with E-state index in [2.05, 4.69) is 10.4 Å². The molecule has 0 saturated heterocycles. The fourth-order valence-electron chi connectivity index (χ4n) is 2.53. The number of hydrogen-bond donors (Lipinski definition) is 1. The van der Waals surface area contributed by atoms with Crippen LogP contribution in [-0.4, -0.2) is 28.9 Å². The molecule has 1 heterocycles. The molecule has 1 unspecified atom stereocenters. The quantitative estimate of drug-likeness (QED) is 0.823. The molecule has 1 saturated carbocycles. The van der Waals surface area contributed by atoms with Gasteiger partial charge in [-0.25, -0.2) is 4.79 Å². The summed E-state index contributed by atoms with van der Waals surface area (Å²) in [7, 11) is 3.31. The van der Waals surface area contributed by atoms with Crippen LogP contribution in [-0.2, 0) is 16.6 Å². The van der Waals surface area contributed by atoms with Gasteiger partial charge in [0.1, 0.15) is 6.04 Å². The van der Waals surface area contributed by atoms with E-state index < -0.39 is 6.04 Å². The number of nitrogens with zero attached hydrogens (tertiary/aromatic N) is 2. The van der Waals surface area contributed by atoms with Crippen molar-refractivity contribution in [3.8, 4) is 0 Å². The lowest BCUT2D eigenvalue weighted by Crippen LogP contribution is -2.36. The molecular formula is C13H21N3O2. The van der Waals surface area contributed by atoms with Crippen LogP contribution in [0.25, 0.3) is 0 Å². The van der Waals surface area contributed by atoms with Crippen molar-refractivity contribution in [3.63, 3.8) is 0 Å². The second-order valence-corrected chi connectivity index (χ2v) is 4.91. The third-order valence-electron chi connectivity index (χ3n) is 3.78. The molecule has 1 aromatic heterocycles. The van der Waals surface area contributed by atoms with Crippen LogP contribution in [0.3, 0.4) is 0 Å². The van der Waals surface area contributed by atoms with Crippen molar-refractivity contribution >= 4 is 5.97 Å². The Morgan fingerprint density at radius 1 is 1.56 bits per heavy atom. The van der Waals surface area contributed by atoms with E-state index in [0.717, 1.165) is 24.1 Å². The van der Waals surface area contributed by atoms with Crippen LogP contribution in [0.1, 0.15) is 43.0 Å². The van der Waals surface area contributed by atoms with Crippen molar-refractivity contribution in [1.29, 1.82) is 0 Å². The Kier molecular flexibility index (Phi) is 4.01. The molecular weight excluding hydrogens is 230 g/mol. The first kappa shape index (κ1) is 13.1. The Balaban J connectivity index is 2.19. The standard InChI is InChI=1S/C13H21N3O2/c1-9-11(8-14-16(9)2)12(13(17)18-3)15-10-6-4-5-7-10/h8,10,12,15H,4-7H2,1-3H3. The van der Waals surface area contributed by atoms with Gasteiger partial charge in [0.15, 0.2) is 0 Å². The molecule has 5 nitrogen and oxygen atoms in total.